The molecule has 2 heteroatoms. The molecule has 0 unspecified atom stereocenters. The molecule has 0 N–H and O–H groups in total. The van der Waals surface area contributed by atoms with Gasteiger partial charge in [0.15, 0.2) is 0 Å². The molecule has 10 aromatic carbocycles. The van der Waals surface area contributed by atoms with E-state index < -0.39 is 0 Å². The summed E-state index contributed by atoms with van der Waals surface area (Å²) < 4.78 is 4.89. The van der Waals surface area contributed by atoms with Gasteiger partial charge in [-0.25, -0.2) is 0 Å². The minimum atomic E-state index is 1.15. The van der Waals surface area contributed by atoms with E-state index in [1.807, 2.05) is 0 Å². The average Bonchev–Trinajstić information content (AvgIpc) is 3.86. The maximum Gasteiger partial charge on any atom is 0.0541 e. The molecule has 2 heterocycles. The van der Waals surface area contributed by atoms with Gasteiger partial charge < -0.3 is 9.13 Å². The molecule has 0 saturated heterocycles. The molecule has 0 bridgehead atoms. The Balaban J connectivity index is 1.04. The van der Waals surface area contributed by atoms with E-state index >= 15 is 0 Å². The van der Waals surface area contributed by atoms with Crippen LogP contribution in [0.2, 0.25) is 0 Å². The molecule has 290 valence electrons. The second-order valence-corrected chi connectivity index (χ2v) is 16.1. The van der Waals surface area contributed by atoms with Gasteiger partial charge in [-0.1, -0.05) is 176 Å². The summed E-state index contributed by atoms with van der Waals surface area (Å²) in [4.78, 5) is 0. The Kier molecular flexibility index (Phi) is 8.53. The topological polar surface area (TPSA) is 9.86 Å². The number of aromatic nitrogens is 2. The van der Waals surface area contributed by atoms with E-state index in [0.717, 1.165) is 11.4 Å². The lowest BCUT2D eigenvalue weighted by Gasteiger charge is -2.16. The van der Waals surface area contributed by atoms with Crippen molar-refractivity contribution in [1.82, 2.24) is 9.13 Å². The van der Waals surface area contributed by atoms with Crippen molar-refractivity contribution in [2.45, 2.75) is 0 Å². The predicted octanol–water partition coefficient (Wildman–Crippen LogP) is 16.2. The van der Waals surface area contributed by atoms with Gasteiger partial charge in [0.05, 0.1) is 27.8 Å². The molecule has 0 radical (unpaired) electrons. The highest BCUT2D eigenvalue weighted by Crippen LogP contribution is 2.42. The minimum absolute atomic E-state index is 1.15. The molecule has 12 aromatic rings. The van der Waals surface area contributed by atoms with E-state index in [1.54, 1.807) is 0 Å². The van der Waals surface area contributed by atoms with E-state index in [2.05, 4.69) is 252 Å². The molecule has 62 heavy (non-hydrogen) atoms. The smallest absolute Gasteiger partial charge is 0.0541 e. The van der Waals surface area contributed by atoms with Crippen molar-refractivity contribution in [2.75, 3.05) is 0 Å². The zero-order valence-corrected chi connectivity index (χ0v) is 34.0. The molecule has 0 spiro atoms. The number of hydrogen-bond donors (Lipinski definition) is 0. The first-order chi connectivity index (χ1) is 30.7. The fraction of sp³-hybridized carbons (Fsp3) is 0. The maximum absolute atomic E-state index is 2.46. The molecule has 2 nitrogen and oxygen atoms in total. The van der Waals surface area contributed by atoms with Crippen LogP contribution in [0, 0.1) is 0 Å². The van der Waals surface area contributed by atoms with E-state index in [9.17, 15) is 0 Å². The van der Waals surface area contributed by atoms with Gasteiger partial charge in [-0.3, -0.25) is 0 Å². The molecule has 0 saturated carbocycles. The summed E-state index contributed by atoms with van der Waals surface area (Å²) in [5, 5.41) is 4.93. The van der Waals surface area contributed by atoms with Gasteiger partial charge in [0, 0.05) is 32.8 Å². The molecular formula is C60H40N2. The molecular weight excluding hydrogens is 749 g/mol. The highest BCUT2D eigenvalue weighted by atomic mass is 15.0. The number of nitrogens with zero attached hydrogens (tertiary/aromatic N) is 2. The van der Waals surface area contributed by atoms with E-state index in [-0.39, 0.29) is 0 Å². The van der Waals surface area contributed by atoms with E-state index in [0.29, 0.717) is 0 Å². The number of rotatable bonds is 7. The van der Waals surface area contributed by atoms with Crippen molar-refractivity contribution in [1.29, 1.82) is 0 Å². The molecule has 0 aliphatic heterocycles. The first kappa shape index (κ1) is 35.7. The second-order valence-electron chi connectivity index (χ2n) is 16.1. The number of fused-ring (bicyclic) bond motifs is 6. The summed E-state index contributed by atoms with van der Waals surface area (Å²) in [5.41, 5.74) is 19.1. The molecule has 0 amide bonds. The van der Waals surface area contributed by atoms with Crippen LogP contribution >= 0.6 is 0 Å². The van der Waals surface area contributed by atoms with Crippen LogP contribution in [0.15, 0.2) is 243 Å². The van der Waals surface area contributed by atoms with Crippen LogP contribution in [0.3, 0.4) is 0 Å². The summed E-state index contributed by atoms with van der Waals surface area (Å²) in [6.07, 6.45) is 0. The van der Waals surface area contributed by atoms with Crippen molar-refractivity contribution >= 4 is 43.6 Å². The minimum Gasteiger partial charge on any atom is -0.309 e. The quantitative estimate of drug-likeness (QED) is 0.152. The Labute approximate surface area is 360 Å². The van der Waals surface area contributed by atoms with Crippen LogP contribution < -0.4 is 0 Å². The van der Waals surface area contributed by atoms with Gasteiger partial charge in [-0.2, -0.15) is 0 Å². The molecule has 12 rings (SSSR count). The maximum atomic E-state index is 2.46. The molecule has 0 atom stereocenters. The molecule has 0 aliphatic carbocycles. The highest BCUT2D eigenvalue weighted by Gasteiger charge is 2.19. The second kappa shape index (κ2) is 14.8. The monoisotopic (exact) mass is 788 g/mol. The van der Waals surface area contributed by atoms with Crippen LogP contribution in [0.1, 0.15) is 0 Å². The SMILES string of the molecule is c1ccc(-c2cccc(-n3c4ccc(-c5ccccc5)cc4c4cc(-c5ccc6c(c5)c5ccccc5n6-c5ccc(-c6ccccc6)cc5-c5ccccc5)ccc43)c2)cc1. The predicted molar refractivity (Wildman–Crippen MR) is 262 cm³/mol. The zero-order valence-electron chi connectivity index (χ0n) is 34.0. The number of benzene rings is 10. The number of para-hydroxylation sites is 1. The zero-order chi connectivity index (χ0) is 41.0. The average molecular weight is 789 g/mol. The number of hydrogen-bond acceptors (Lipinski definition) is 0. The van der Waals surface area contributed by atoms with Crippen molar-refractivity contribution in [3.8, 4) is 67.0 Å². The lowest BCUT2D eigenvalue weighted by Crippen LogP contribution is -1.98. The Bertz CT molecular complexity index is 3600. The van der Waals surface area contributed by atoms with Crippen LogP contribution in [0.5, 0.6) is 0 Å². The largest absolute Gasteiger partial charge is 0.309 e. The van der Waals surface area contributed by atoms with Gasteiger partial charge in [-0.05, 0) is 117 Å². The third-order valence-corrected chi connectivity index (χ3v) is 12.5. The third kappa shape index (κ3) is 6.04. The van der Waals surface area contributed by atoms with Crippen molar-refractivity contribution in [3.05, 3.63) is 243 Å². The highest BCUT2D eigenvalue weighted by molar-refractivity contribution is 6.13. The Morgan fingerprint density at radius 3 is 1.16 bits per heavy atom. The summed E-state index contributed by atoms with van der Waals surface area (Å²) >= 11 is 0. The van der Waals surface area contributed by atoms with Crippen molar-refractivity contribution in [2.24, 2.45) is 0 Å². The van der Waals surface area contributed by atoms with Crippen LogP contribution in [-0.4, -0.2) is 9.13 Å². The fourth-order valence-electron chi connectivity index (χ4n) is 9.55. The molecule has 2 aromatic heterocycles. The van der Waals surface area contributed by atoms with Crippen molar-refractivity contribution < 1.29 is 0 Å². The summed E-state index contributed by atoms with van der Waals surface area (Å²) in [5.74, 6) is 0. The van der Waals surface area contributed by atoms with E-state index in [1.165, 1.54) is 99.2 Å². The van der Waals surface area contributed by atoms with Gasteiger partial charge in [0.25, 0.3) is 0 Å². The van der Waals surface area contributed by atoms with Crippen LogP contribution in [-0.2, 0) is 0 Å². The summed E-state index contributed by atoms with van der Waals surface area (Å²) in [6.45, 7) is 0. The molecule has 0 aliphatic rings. The van der Waals surface area contributed by atoms with E-state index in [4.69, 9.17) is 0 Å². The Hall–Kier alpha value is -8.20. The Morgan fingerprint density at radius 1 is 0.210 bits per heavy atom. The first-order valence-electron chi connectivity index (χ1n) is 21.3. The fourth-order valence-corrected chi connectivity index (χ4v) is 9.55. The summed E-state index contributed by atoms with van der Waals surface area (Å²) in [6, 6.07) is 88.4. The Morgan fingerprint density at radius 2 is 0.597 bits per heavy atom. The van der Waals surface area contributed by atoms with Crippen LogP contribution in [0.4, 0.5) is 0 Å². The molecule has 0 fully saturated rings. The first-order valence-corrected chi connectivity index (χ1v) is 21.3. The van der Waals surface area contributed by atoms with Gasteiger partial charge in [-0.15, -0.1) is 0 Å². The normalized spacial score (nSPS) is 11.5. The van der Waals surface area contributed by atoms with Crippen molar-refractivity contribution in [3.63, 3.8) is 0 Å². The summed E-state index contributed by atoms with van der Waals surface area (Å²) in [7, 11) is 0. The lowest BCUT2D eigenvalue weighted by atomic mass is 9.97. The van der Waals surface area contributed by atoms with Crippen LogP contribution in [0.25, 0.3) is 111 Å². The van der Waals surface area contributed by atoms with Gasteiger partial charge in [0.2, 0.25) is 0 Å². The van der Waals surface area contributed by atoms with Gasteiger partial charge >= 0.3 is 0 Å². The standard InChI is InChI=1S/C60H40N2/c1-5-16-41(17-6-1)45-24-15-25-50(36-45)61-58-33-29-47(43-20-9-3-10-21-43)38-54(58)55-40-49(30-34-59(55)61)48-31-35-60-53(39-48)51-26-13-14-27-56(51)62(60)57-32-28-46(42-18-7-2-8-19-42)37-52(57)44-22-11-4-12-23-44/h1-40H. The van der Waals surface area contributed by atoms with Gasteiger partial charge in [0.1, 0.15) is 0 Å². The third-order valence-electron chi connectivity index (χ3n) is 12.5. The lowest BCUT2D eigenvalue weighted by molar-refractivity contribution is 1.18.